The zero-order chi connectivity index (χ0) is 14.1. The van der Waals surface area contributed by atoms with Gasteiger partial charge in [0.15, 0.2) is 5.82 Å². The molecule has 1 aromatic heterocycles. The van der Waals surface area contributed by atoms with E-state index < -0.39 is 0 Å². The first-order valence-electron chi connectivity index (χ1n) is 7.03. The molecule has 1 aromatic rings. The second-order valence-electron chi connectivity index (χ2n) is 7.43. The molecule has 1 saturated carbocycles. The van der Waals surface area contributed by atoms with Gasteiger partial charge in [-0.05, 0) is 30.1 Å². The number of ketones is 1. The number of H-pyrrole nitrogens is 1. The van der Waals surface area contributed by atoms with Gasteiger partial charge in [-0.2, -0.15) is 5.21 Å². The number of carbonyl (C=O) groups is 1. The van der Waals surface area contributed by atoms with Crippen LogP contribution in [-0.2, 0) is 11.2 Å². The molecule has 0 radical (unpaired) electrons. The highest BCUT2D eigenvalue weighted by atomic mass is 16.1. The van der Waals surface area contributed by atoms with Gasteiger partial charge in [-0.15, -0.1) is 10.2 Å². The fraction of sp³-hybridized carbons (Fsp3) is 0.857. The molecule has 0 saturated heterocycles. The van der Waals surface area contributed by atoms with Crippen LogP contribution in [0.3, 0.4) is 0 Å². The summed E-state index contributed by atoms with van der Waals surface area (Å²) in [6.07, 6.45) is 4.65. The van der Waals surface area contributed by atoms with E-state index in [1.54, 1.807) is 0 Å². The molecule has 0 aromatic carbocycles. The monoisotopic (exact) mass is 264 g/mol. The lowest BCUT2D eigenvalue weighted by atomic mass is 9.71. The number of nitrogens with one attached hydrogen (secondary N) is 1. The molecular formula is C14H24N4O. The Morgan fingerprint density at radius 1 is 1.26 bits per heavy atom. The number of hydrogen-bond donors (Lipinski definition) is 1. The molecule has 5 heteroatoms. The molecular weight excluding hydrogens is 240 g/mol. The second-order valence-corrected chi connectivity index (χ2v) is 7.43. The Hall–Kier alpha value is -1.26. The van der Waals surface area contributed by atoms with E-state index in [4.69, 9.17) is 0 Å². The second kappa shape index (κ2) is 5.02. The van der Waals surface area contributed by atoms with E-state index in [-0.39, 0.29) is 10.8 Å². The average Bonchev–Trinajstić information content (AvgIpc) is 2.97. The topological polar surface area (TPSA) is 71.5 Å². The third-order valence-corrected chi connectivity index (χ3v) is 3.67. The van der Waals surface area contributed by atoms with Crippen molar-refractivity contribution in [3.8, 4) is 0 Å². The van der Waals surface area contributed by atoms with Gasteiger partial charge in [0.2, 0.25) is 0 Å². The van der Waals surface area contributed by atoms with E-state index in [1.807, 2.05) is 0 Å². The highest BCUT2D eigenvalue weighted by Gasteiger charge is 2.36. The summed E-state index contributed by atoms with van der Waals surface area (Å²) in [5.74, 6) is 1.55. The molecule has 0 unspecified atom stereocenters. The van der Waals surface area contributed by atoms with Gasteiger partial charge in [0.25, 0.3) is 0 Å². The highest BCUT2D eigenvalue weighted by molar-refractivity contribution is 5.83. The van der Waals surface area contributed by atoms with Gasteiger partial charge in [-0.1, -0.05) is 32.9 Å². The third kappa shape index (κ3) is 4.40. The van der Waals surface area contributed by atoms with Gasteiger partial charge in [-0.25, -0.2) is 0 Å². The van der Waals surface area contributed by atoms with Crippen LogP contribution >= 0.6 is 0 Å². The largest absolute Gasteiger partial charge is 0.299 e. The summed E-state index contributed by atoms with van der Waals surface area (Å²) in [7, 11) is 0. The zero-order valence-corrected chi connectivity index (χ0v) is 12.4. The standard InChI is InChI=1S/C14H24N4O/c1-13(2,7-11(19)10-5-6-10)9-14(3,4)8-12-15-17-18-16-12/h10H,5-9H2,1-4H3,(H,15,16,17,18). The summed E-state index contributed by atoms with van der Waals surface area (Å²) in [5.41, 5.74) is 0.101. The van der Waals surface area contributed by atoms with Crippen molar-refractivity contribution < 1.29 is 4.79 Å². The summed E-state index contributed by atoms with van der Waals surface area (Å²) in [6, 6.07) is 0. The van der Waals surface area contributed by atoms with Crippen LogP contribution in [0.1, 0.15) is 59.2 Å². The summed E-state index contributed by atoms with van der Waals surface area (Å²) in [4.78, 5) is 12.0. The molecule has 0 bridgehead atoms. The zero-order valence-electron chi connectivity index (χ0n) is 12.4. The van der Waals surface area contributed by atoms with Crippen molar-refractivity contribution >= 4 is 5.78 Å². The van der Waals surface area contributed by atoms with Crippen molar-refractivity contribution in [2.75, 3.05) is 0 Å². The van der Waals surface area contributed by atoms with E-state index in [0.29, 0.717) is 18.1 Å². The van der Waals surface area contributed by atoms with E-state index in [9.17, 15) is 4.79 Å². The van der Waals surface area contributed by atoms with Gasteiger partial charge in [0.1, 0.15) is 5.78 Å². The Labute approximate surface area is 114 Å². The molecule has 0 amide bonds. The lowest BCUT2D eigenvalue weighted by Crippen LogP contribution is -2.28. The van der Waals surface area contributed by atoms with Gasteiger partial charge < -0.3 is 0 Å². The number of tetrazole rings is 1. The van der Waals surface area contributed by atoms with Gasteiger partial charge >= 0.3 is 0 Å². The van der Waals surface area contributed by atoms with Crippen LogP contribution in [0.15, 0.2) is 0 Å². The van der Waals surface area contributed by atoms with E-state index in [2.05, 4.69) is 48.3 Å². The van der Waals surface area contributed by atoms with E-state index >= 15 is 0 Å². The fourth-order valence-electron chi connectivity index (χ4n) is 3.13. The maximum atomic E-state index is 12.0. The lowest BCUT2D eigenvalue weighted by molar-refractivity contribution is -0.122. The molecule has 0 aliphatic heterocycles. The first-order chi connectivity index (χ1) is 8.77. The lowest BCUT2D eigenvalue weighted by Gasteiger charge is -2.34. The Morgan fingerprint density at radius 2 is 1.95 bits per heavy atom. The van der Waals surface area contributed by atoms with Crippen LogP contribution in [0, 0.1) is 16.7 Å². The summed E-state index contributed by atoms with van der Waals surface area (Å²) < 4.78 is 0. The Balaban J connectivity index is 1.91. The number of aromatic amines is 1. The Kier molecular flexibility index (Phi) is 3.74. The maximum Gasteiger partial charge on any atom is 0.175 e. The van der Waals surface area contributed by atoms with Crippen molar-refractivity contribution in [1.82, 2.24) is 20.6 Å². The molecule has 106 valence electrons. The van der Waals surface area contributed by atoms with Gasteiger partial charge in [-0.3, -0.25) is 4.79 Å². The van der Waals surface area contributed by atoms with E-state index in [1.165, 1.54) is 0 Å². The number of aromatic nitrogens is 4. The van der Waals surface area contributed by atoms with Crippen LogP contribution in [-0.4, -0.2) is 26.4 Å². The molecule has 1 fully saturated rings. The predicted molar refractivity (Wildman–Crippen MR) is 72.4 cm³/mol. The summed E-state index contributed by atoms with van der Waals surface area (Å²) >= 11 is 0. The van der Waals surface area contributed by atoms with Crippen molar-refractivity contribution in [1.29, 1.82) is 0 Å². The number of rotatable bonds is 7. The normalized spacial score (nSPS) is 16.6. The first-order valence-corrected chi connectivity index (χ1v) is 7.03. The maximum absolute atomic E-state index is 12.0. The van der Waals surface area contributed by atoms with Crippen molar-refractivity contribution in [2.24, 2.45) is 16.7 Å². The molecule has 1 aliphatic rings. The Bertz CT molecular complexity index is 432. The van der Waals surface area contributed by atoms with Crippen LogP contribution in [0.2, 0.25) is 0 Å². The minimum absolute atomic E-state index is 0.0346. The molecule has 1 N–H and O–H groups in total. The van der Waals surface area contributed by atoms with Crippen molar-refractivity contribution in [2.45, 2.75) is 59.8 Å². The minimum Gasteiger partial charge on any atom is -0.299 e. The smallest absolute Gasteiger partial charge is 0.175 e. The van der Waals surface area contributed by atoms with Crippen molar-refractivity contribution in [3.05, 3.63) is 5.82 Å². The first kappa shape index (κ1) is 14.2. The van der Waals surface area contributed by atoms with Crippen LogP contribution in [0.5, 0.6) is 0 Å². The van der Waals surface area contributed by atoms with E-state index in [0.717, 1.165) is 31.5 Å². The number of Topliss-reactive ketones (excluding diaryl/α,β-unsaturated/α-hetero) is 1. The van der Waals surface area contributed by atoms with Crippen molar-refractivity contribution in [3.63, 3.8) is 0 Å². The third-order valence-electron chi connectivity index (χ3n) is 3.67. The number of hydrogen-bond acceptors (Lipinski definition) is 4. The number of nitrogens with zero attached hydrogens (tertiary/aromatic N) is 3. The van der Waals surface area contributed by atoms with Gasteiger partial charge in [0.05, 0.1) is 0 Å². The SMILES string of the molecule is CC(C)(CC(=O)C1CC1)CC(C)(C)Cc1nn[nH]n1. The van der Waals surface area contributed by atoms with Crippen LogP contribution < -0.4 is 0 Å². The molecule has 19 heavy (non-hydrogen) atoms. The van der Waals surface area contributed by atoms with Crippen LogP contribution in [0.4, 0.5) is 0 Å². The molecule has 0 spiro atoms. The molecule has 1 heterocycles. The summed E-state index contributed by atoms with van der Waals surface area (Å²) in [6.45, 7) is 8.77. The quantitative estimate of drug-likeness (QED) is 0.821. The highest BCUT2D eigenvalue weighted by Crippen LogP contribution is 2.41. The molecule has 2 rings (SSSR count). The molecule has 5 nitrogen and oxygen atoms in total. The Morgan fingerprint density at radius 3 is 2.47 bits per heavy atom. The minimum atomic E-state index is 0.0346. The fourth-order valence-corrected chi connectivity index (χ4v) is 3.13. The summed E-state index contributed by atoms with van der Waals surface area (Å²) in [5, 5.41) is 14.1. The molecule has 0 atom stereocenters. The molecule has 1 aliphatic carbocycles. The average molecular weight is 264 g/mol. The van der Waals surface area contributed by atoms with Gasteiger partial charge in [0, 0.05) is 18.8 Å². The number of carbonyl (C=O) groups excluding carboxylic acids is 1. The predicted octanol–water partition coefficient (Wildman–Crippen LogP) is 2.55. The van der Waals surface area contributed by atoms with Crippen LogP contribution in [0.25, 0.3) is 0 Å².